The van der Waals surface area contributed by atoms with E-state index in [0.29, 0.717) is 6.42 Å². The summed E-state index contributed by atoms with van der Waals surface area (Å²) in [6.07, 6.45) is -0.0614. The highest BCUT2D eigenvalue weighted by atomic mass is 16.5. The average Bonchev–Trinajstić information content (AvgIpc) is 3.11. The fourth-order valence-electron chi connectivity index (χ4n) is 4.25. The molecule has 1 aliphatic carbocycles. The Bertz CT molecular complexity index is 1080. The van der Waals surface area contributed by atoms with Crippen molar-refractivity contribution in [1.82, 2.24) is 10.6 Å². The molecule has 0 aliphatic heterocycles. The number of ether oxygens (including phenoxy) is 1. The van der Waals surface area contributed by atoms with Crippen LogP contribution < -0.4 is 10.6 Å². The molecule has 7 heteroatoms. The largest absolute Gasteiger partial charge is 0.472 e. The van der Waals surface area contributed by atoms with Gasteiger partial charge in [-0.05, 0) is 34.1 Å². The molecule has 0 aromatic heterocycles. The molecule has 2 amide bonds. The van der Waals surface area contributed by atoms with Crippen LogP contribution in [0, 0.1) is 23.2 Å². The summed E-state index contributed by atoms with van der Waals surface area (Å²) in [7, 11) is 0. The van der Waals surface area contributed by atoms with Crippen molar-refractivity contribution in [2.45, 2.75) is 33.1 Å². The Morgan fingerprint density at radius 2 is 1.59 bits per heavy atom. The molecule has 0 radical (unpaired) electrons. The molecule has 1 atom stereocenters. The zero-order valence-corrected chi connectivity index (χ0v) is 19.7. The van der Waals surface area contributed by atoms with Crippen molar-refractivity contribution in [1.29, 1.82) is 0 Å². The van der Waals surface area contributed by atoms with Crippen molar-refractivity contribution in [2.75, 3.05) is 19.7 Å². The van der Waals surface area contributed by atoms with Crippen LogP contribution in [0.25, 0.3) is 11.1 Å². The van der Waals surface area contributed by atoms with Gasteiger partial charge in [-0.3, -0.25) is 4.79 Å². The van der Waals surface area contributed by atoms with E-state index in [0.717, 1.165) is 22.3 Å². The third-order valence-corrected chi connectivity index (χ3v) is 5.61. The van der Waals surface area contributed by atoms with Gasteiger partial charge >= 0.3 is 12.1 Å². The molecule has 178 valence electrons. The first kappa shape index (κ1) is 24.8. The molecule has 0 bridgehead atoms. The first-order chi connectivity index (χ1) is 16.2. The number of fused-ring (bicyclic) bond motifs is 3. The van der Waals surface area contributed by atoms with Gasteiger partial charge in [0.05, 0.1) is 12.5 Å². The van der Waals surface area contributed by atoms with E-state index in [4.69, 9.17) is 9.84 Å². The summed E-state index contributed by atoms with van der Waals surface area (Å²) in [5.74, 6) is 2.23. The van der Waals surface area contributed by atoms with E-state index in [2.05, 4.69) is 40.8 Å². The van der Waals surface area contributed by atoms with Crippen LogP contribution in [0.15, 0.2) is 48.5 Å². The van der Waals surface area contributed by atoms with Crippen molar-refractivity contribution in [2.24, 2.45) is 11.3 Å². The van der Waals surface area contributed by atoms with E-state index in [9.17, 15) is 14.4 Å². The number of alkyl carbamates (subject to hydrolysis) is 1. The molecule has 1 unspecified atom stereocenters. The van der Waals surface area contributed by atoms with Crippen LogP contribution in [0.1, 0.15) is 44.2 Å². The van der Waals surface area contributed by atoms with Crippen LogP contribution in [-0.4, -0.2) is 42.8 Å². The second-order valence-corrected chi connectivity index (χ2v) is 9.49. The van der Waals surface area contributed by atoms with Crippen LogP contribution in [0.4, 0.5) is 4.79 Å². The number of carbonyl (C=O) groups is 3. The monoisotopic (exact) mass is 462 g/mol. The molecule has 3 rings (SSSR count). The summed E-state index contributed by atoms with van der Waals surface area (Å²) in [6.45, 7) is 6.24. The number of rotatable bonds is 7. The summed E-state index contributed by atoms with van der Waals surface area (Å²) in [5.41, 5.74) is 4.41. The number of carbonyl (C=O) groups excluding carboxylic acids is 2. The Kier molecular flexibility index (Phi) is 7.95. The highest BCUT2D eigenvalue weighted by Crippen LogP contribution is 2.44. The molecule has 2 aromatic rings. The minimum Gasteiger partial charge on any atom is -0.472 e. The van der Waals surface area contributed by atoms with Crippen molar-refractivity contribution in [3.05, 3.63) is 59.7 Å². The third kappa shape index (κ3) is 6.61. The van der Waals surface area contributed by atoms with Gasteiger partial charge in [-0.1, -0.05) is 75.2 Å². The number of hydrogen-bond donors (Lipinski definition) is 3. The number of nitrogens with one attached hydrogen (secondary N) is 2. The Morgan fingerprint density at radius 1 is 1.00 bits per heavy atom. The second-order valence-electron chi connectivity index (χ2n) is 9.49. The molecule has 34 heavy (non-hydrogen) atoms. The predicted octanol–water partition coefficient (Wildman–Crippen LogP) is 3.78. The quantitative estimate of drug-likeness (QED) is 0.543. The third-order valence-electron chi connectivity index (χ3n) is 5.61. The van der Waals surface area contributed by atoms with Crippen LogP contribution in [0.2, 0.25) is 0 Å². The summed E-state index contributed by atoms with van der Waals surface area (Å²) < 4.78 is 5.56. The van der Waals surface area contributed by atoms with Gasteiger partial charge in [0, 0.05) is 18.4 Å². The predicted molar refractivity (Wildman–Crippen MR) is 129 cm³/mol. The number of carboxylic acids is 1. The van der Waals surface area contributed by atoms with Gasteiger partial charge in [0.1, 0.15) is 6.61 Å². The van der Waals surface area contributed by atoms with Gasteiger partial charge in [-0.25, -0.2) is 9.59 Å². The molecule has 2 aromatic carbocycles. The molecule has 0 spiro atoms. The summed E-state index contributed by atoms with van der Waals surface area (Å²) in [5, 5.41) is 13.9. The van der Waals surface area contributed by atoms with Crippen LogP contribution in [0.3, 0.4) is 0 Å². The SMILES string of the molecule is CC(C)(C)CC(CNC(=O)OCC1c2ccccc2-c2ccccc21)C(=O)NCC#CC(=O)O. The molecular weight excluding hydrogens is 432 g/mol. The fraction of sp³-hybridized carbons (Fsp3) is 0.370. The molecule has 0 saturated heterocycles. The van der Waals surface area contributed by atoms with E-state index < -0.39 is 18.0 Å². The lowest BCUT2D eigenvalue weighted by molar-refractivity contribution is -0.130. The topological polar surface area (TPSA) is 105 Å². The number of aliphatic carboxylic acids is 1. The van der Waals surface area contributed by atoms with Crippen molar-refractivity contribution < 1.29 is 24.2 Å². The van der Waals surface area contributed by atoms with Gasteiger partial charge in [-0.2, -0.15) is 0 Å². The van der Waals surface area contributed by atoms with Gasteiger partial charge in [0.15, 0.2) is 0 Å². The lowest BCUT2D eigenvalue weighted by atomic mass is 9.84. The van der Waals surface area contributed by atoms with Crippen LogP contribution >= 0.6 is 0 Å². The van der Waals surface area contributed by atoms with Crippen LogP contribution in [-0.2, 0) is 14.3 Å². The highest BCUT2D eigenvalue weighted by Gasteiger charge is 2.29. The van der Waals surface area contributed by atoms with Gasteiger partial charge < -0.3 is 20.5 Å². The number of carboxylic acid groups (broad SMARTS) is 1. The Hall–Kier alpha value is -3.79. The van der Waals surface area contributed by atoms with Crippen LogP contribution in [0.5, 0.6) is 0 Å². The van der Waals surface area contributed by atoms with E-state index in [1.165, 1.54) is 0 Å². The van der Waals surface area contributed by atoms with E-state index in [-0.39, 0.29) is 36.9 Å². The van der Waals surface area contributed by atoms with Crippen molar-refractivity contribution >= 4 is 18.0 Å². The molecule has 7 nitrogen and oxygen atoms in total. The smallest absolute Gasteiger partial charge is 0.407 e. The molecule has 0 saturated carbocycles. The Labute approximate surface area is 199 Å². The van der Waals surface area contributed by atoms with E-state index in [1.54, 1.807) is 0 Å². The molecule has 3 N–H and O–H groups in total. The minimum absolute atomic E-state index is 0.0420. The molecular formula is C27H30N2O5. The number of benzene rings is 2. The minimum atomic E-state index is -1.25. The Balaban J connectivity index is 1.58. The summed E-state index contributed by atoms with van der Waals surface area (Å²) in [6, 6.07) is 16.2. The zero-order valence-electron chi connectivity index (χ0n) is 19.7. The Morgan fingerprint density at radius 3 is 2.15 bits per heavy atom. The fourth-order valence-corrected chi connectivity index (χ4v) is 4.25. The maximum Gasteiger partial charge on any atom is 0.407 e. The lowest BCUT2D eigenvalue weighted by Gasteiger charge is -2.25. The van der Waals surface area contributed by atoms with Crippen molar-refractivity contribution in [3.63, 3.8) is 0 Å². The number of amides is 2. The van der Waals surface area contributed by atoms with Gasteiger partial charge in [-0.15, -0.1) is 0 Å². The maximum atomic E-state index is 12.6. The standard InChI is InChI=1S/C27H30N2O5/c1-27(2,3)15-18(25(32)28-14-8-13-24(30)31)16-29-26(33)34-17-23-21-11-6-4-9-19(21)20-10-5-7-12-22(20)23/h4-7,9-12,18,23H,14-17H2,1-3H3,(H,28,32)(H,29,33)(H,30,31). The first-order valence-electron chi connectivity index (χ1n) is 11.2. The van der Waals surface area contributed by atoms with Gasteiger partial charge in [0.2, 0.25) is 5.91 Å². The zero-order chi connectivity index (χ0) is 24.7. The normalized spacial score (nSPS) is 13.0. The lowest BCUT2D eigenvalue weighted by Crippen LogP contribution is -2.41. The second kappa shape index (κ2) is 10.9. The molecule has 0 heterocycles. The molecule has 1 aliphatic rings. The molecule has 0 fully saturated rings. The first-order valence-corrected chi connectivity index (χ1v) is 11.2. The van der Waals surface area contributed by atoms with Crippen molar-refractivity contribution in [3.8, 4) is 23.0 Å². The van der Waals surface area contributed by atoms with Gasteiger partial charge in [0.25, 0.3) is 0 Å². The average molecular weight is 463 g/mol. The van der Waals surface area contributed by atoms with E-state index >= 15 is 0 Å². The van der Waals surface area contributed by atoms with E-state index in [1.807, 2.05) is 51.0 Å². The summed E-state index contributed by atoms with van der Waals surface area (Å²) in [4.78, 5) is 35.6. The summed E-state index contributed by atoms with van der Waals surface area (Å²) >= 11 is 0. The maximum absolute atomic E-state index is 12.6. The number of hydrogen-bond acceptors (Lipinski definition) is 4. The highest BCUT2D eigenvalue weighted by molar-refractivity contribution is 5.86.